The van der Waals surface area contributed by atoms with Crippen molar-refractivity contribution in [1.29, 1.82) is 0 Å². The number of anilines is 1. The van der Waals surface area contributed by atoms with Crippen LogP contribution < -0.4 is 4.90 Å². The van der Waals surface area contributed by atoms with Crippen LogP contribution in [0.1, 0.15) is 37.7 Å². The van der Waals surface area contributed by atoms with E-state index in [1.807, 2.05) is 18.2 Å². The Morgan fingerprint density at radius 3 is 2.60 bits per heavy atom. The molecule has 130 valence electrons. The maximum absolute atomic E-state index is 13.1. The number of fused-ring (bicyclic) bond motifs is 1. The fourth-order valence-corrected chi connectivity index (χ4v) is 5.63. The van der Waals surface area contributed by atoms with Crippen LogP contribution in [0.15, 0.2) is 27.6 Å². The van der Waals surface area contributed by atoms with Gasteiger partial charge in [0, 0.05) is 23.1 Å². The first kappa shape index (κ1) is 17.2. The summed E-state index contributed by atoms with van der Waals surface area (Å²) >= 11 is 10.2. The Labute approximate surface area is 164 Å². The van der Waals surface area contributed by atoms with Crippen LogP contribution in [-0.2, 0) is 9.59 Å². The van der Waals surface area contributed by atoms with Crippen molar-refractivity contribution in [3.8, 4) is 0 Å². The molecule has 0 spiro atoms. The zero-order chi connectivity index (χ0) is 17.7. The molecule has 2 aliphatic heterocycles. The number of thioether (sulfide) groups is 1. The van der Waals surface area contributed by atoms with Gasteiger partial charge < -0.3 is 4.90 Å². The van der Waals surface area contributed by atoms with E-state index in [1.54, 1.807) is 16.8 Å². The lowest BCUT2D eigenvalue weighted by atomic mass is 9.94. The lowest BCUT2D eigenvalue weighted by molar-refractivity contribution is -0.124. The van der Waals surface area contributed by atoms with E-state index in [-0.39, 0.29) is 17.9 Å². The largest absolute Gasteiger partial charge is 0.311 e. The van der Waals surface area contributed by atoms with Crippen LogP contribution in [0.4, 0.5) is 5.69 Å². The second-order valence-electron chi connectivity index (χ2n) is 6.56. The molecule has 3 aliphatic rings. The van der Waals surface area contributed by atoms with E-state index in [9.17, 15) is 9.59 Å². The molecule has 0 aromatic heterocycles. The molecule has 4 nitrogen and oxygen atoms in total. The smallest absolute Gasteiger partial charge is 0.267 e. The van der Waals surface area contributed by atoms with Crippen LogP contribution in [-0.4, -0.2) is 34.1 Å². The quantitative estimate of drug-likeness (QED) is 0.485. The first-order chi connectivity index (χ1) is 12.0. The van der Waals surface area contributed by atoms with E-state index >= 15 is 0 Å². The van der Waals surface area contributed by atoms with Crippen molar-refractivity contribution in [3.05, 3.63) is 33.1 Å². The van der Waals surface area contributed by atoms with Crippen LogP contribution in [0, 0.1) is 0 Å². The number of halogens is 1. The number of nitrogens with zero attached hydrogens (tertiary/aromatic N) is 2. The SMILES string of the molecule is CN1C(=O)C(=C2SC(=S)N(C3CCCCC3)C2=O)c2cc(Br)ccc21. The van der Waals surface area contributed by atoms with Crippen molar-refractivity contribution in [2.24, 2.45) is 0 Å². The number of hydrogen-bond acceptors (Lipinski definition) is 4. The van der Waals surface area contributed by atoms with E-state index < -0.39 is 0 Å². The van der Waals surface area contributed by atoms with Gasteiger partial charge in [-0.25, -0.2) is 0 Å². The van der Waals surface area contributed by atoms with Gasteiger partial charge in [0.25, 0.3) is 11.8 Å². The Balaban J connectivity index is 1.79. The van der Waals surface area contributed by atoms with Gasteiger partial charge in [-0.05, 0) is 31.0 Å². The van der Waals surface area contributed by atoms with Crippen molar-refractivity contribution in [2.45, 2.75) is 38.1 Å². The molecular weight excluding hydrogens is 420 g/mol. The molecule has 7 heteroatoms. The van der Waals surface area contributed by atoms with Gasteiger partial charge in [-0.2, -0.15) is 0 Å². The number of hydrogen-bond donors (Lipinski definition) is 0. The zero-order valence-corrected chi connectivity index (χ0v) is 17.0. The summed E-state index contributed by atoms with van der Waals surface area (Å²) in [4.78, 5) is 29.8. The molecule has 0 N–H and O–H groups in total. The first-order valence-corrected chi connectivity index (χ1v) is 10.4. The summed E-state index contributed by atoms with van der Waals surface area (Å²) in [5.74, 6) is -0.247. The molecule has 1 aromatic rings. The highest BCUT2D eigenvalue weighted by Gasteiger charge is 2.43. The highest BCUT2D eigenvalue weighted by atomic mass is 79.9. The first-order valence-electron chi connectivity index (χ1n) is 8.36. The van der Waals surface area contributed by atoms with E-state index in [4.69, 9.17) is 12.2 Å². The van der Waals surface area contributed by atoms with E-state index in [1.165, 1.54) is 18.2 Å². The van der Waals surface area contributed by atoms with Gasteiger partial charge in [-0.15, -0.1) is 0 Å². The minimum absolute atomic E-state index is 0.105. The Hall–Kier alpha value is -1.18. The van der Waals surface area contributed by atoms with Crippen LogP contribution in [0.3, 0.4) is 0 Å². The maximum atomic E-state index is 13.1. The summed E-state index contributed by atoms with van der Waals surface area (Å²) in [7, 11) is 1.74. The van der Waals surface area contributed by atoms with Crippen molar-refractivity contribution in [1.82, 2.24) is 4.90 Å². The molecule has 2 fully saturated rings. The number of carbonyl (C=O) groups excluding carboxylic acids is 2. The molecule has 2 amide bonds. The van der Waals surface area contributed by atoms with Crippen LogP contribution in [0.25, 0.3) is 5.57 Å². The molecular formula is C18H17BrN2O2S2. The van der Waals surface area contributed by atoms with Crippen LogP contribution in [0.2, 0.25) is 0 Å². The van der Waals surface area contributed by atoms with E-state index in [0.717, 1.165) is 41.4 Å². The van der Waals surface area contributed by atoms with E-state index in [0.29, 0.717) is 14.8 Å². The number of amides is 2. The summed E-state index contributed by atoms with van der Waals surface area (Å²) in [6.07, 6.45) is 5.46. The van der Waals surface area contributed by atoms with Gasteiger partial charge in [0.1, 0.15) is 4.32 Å². The second-order valence-corrected chi connectivity index (χ2v) is 9.12. The average molecular weight is 437 g/mol. The molecule has 1 saturated carbocycles. The van der Waals surface area contributed by atoms with Crippen molar-refractivity contribution >= 4 is 67.3 Å². The Morgan fingerprint density at radius 2 is 1.88 bits per heavy atom. The average Bonchev–Trinajstić information content (AvgIpc) is 3.02. The number of carbonyl (C=O) groups is 2. The van der Waals surface area contributed by atoms with Gasteiger partial charge >= 0.3 is 0 Å². The number of likely N-dealkylation sites (N-methyl/N-ethyl adjacent to an activating group) is 1. The number of thiocarbonyl (C=S) groups is 1. The molecule has 4 rings (SSSR count). The van der Waals surface area contributed by atoms with Gasteiger partial charge in [0.05, 0.1) is 16.2 Å². The summed E-state index contributed by atoms with van der Waals surface area (Å²) in [6, 6.07) is 5.88. The minimum Gasteiger partial charge on any atom is -0.311 e. The fourth-order valence-electron chi connectivity index (χ4n) is 3.80. The highest BCUT2D eigenvalue weighted by Crippen LogP contribution is 2.46. The highest BCUT2D eigenvalue weighted by molar-refractivity contribution is 9.10. The van der Waals surface area contributed by atoms with Crippen LogP contribution >= 0.6 is 39.9 Å². The van der Waals surface area contributed by atoms with Crippen molar-refractivity contribution < 1.29 is 9.59 Å². The second kappa shape index (κ2) is 6.52. The molecule has 0 radical (unpaired) electrons. The number of benzene rings is 1. The fraction of sp³-hybridized carbons (Fsp3) is 0.389. The molecule has 1 aromatic carbocycles. The van der Waals surface area contributed by atoms with Gasteiger partial charge in [-0.1, -0.05) is 59.2 Å². The molecule has 2 heterocycles. The molecule has 1 saturated heterocycles. The van der Waals surface area contributed by atoms with Gasteiger partial charge in [0.2, 0.25) is 0 Å². The van der Waals surface area contributed by atoms with Crippen LogP contribution in [0.5, 0.6) is 0 Å². The third kappa shape index (κ3) is 2.76. The lowest BCUT2D eigenvalue weighted by Gasteiger charge is -2.29. The monoisotopic (exact) mass is 436 g/mol. The normalized spacial score (nSPS) is 24.5. The Morgan fingerprint density at radius 1 is 1.16 bits per heavy atom. The Kier molecular flexibility index (Phi) is 4.50. The Bertz CT molecular complexity index is 830. The predicted octanol–water partition coefficient (Wildman–Crippen LogP) is 4.33. The topological polar surface area (TPSA) is 40.6 Å². The summed E-state index contributed by atoms with van der Waals surface area (Å²) in [5.41, 5.74) is 2.10. The van der Waals surface area contributed by atoms with Gasteiger partial charge in [-0.3, -0.25) is 14.5 Å². The molecule has 0 unspecified atom stereocenters. The lowest BCUT2D eigenvalue weighted by Crippen LogP contribution is -2.39. The van der Waals surface area contributed by atoms with E-state index in [2.05, 4.69) is 15.9 Å². The summed E-state index contributed by atoms with van der Waals surface area (Å²) < 4.78 is 1.47. The maximum Gasteiger partial charge on any atom is 0.267 e. The third-order valence-electron chi connectivity index (χ3n) is 5.07. The molecule has 1 aliphatic carbocycles. The molecule has 0 bridgehead atoms. The van der Waals surface area contributed by atoms with Gasteiger partial charge in [0.15, 0.2) is 0 Å². The predicted molar refractivity (Wildman–Crippen MR) is 108 cm³/mol. The summed E-state index contributed by atoms with van der Waals surface area (Å²) in [6.45, 7) is 0. The standard InChI is InChI=1S/C18H17BrN2O2S2/c1-20-13-8-7-10(19)9-12(13)14(16(20)22)15-17(23)21(18(24)25-15)11-5-3-2-4-6-11/h7-9,11H,2-6H2,1H3. The summed E-state index contributed by atoms with van der Waals surface area (Å²) in [5, 5.41) is 0. The number of rotatable bonds is 1. The third-order valence-corrected chi connectivity index (χ3v) is 6.97. The molecule has 0 atom stereocenters. The molecule has 25 heavy (non-hydrogen) atoms. The van der Waals surface area contributed by atoms with Crippen molar-refractivity contribution in [3.63, 3.8) is 0 Å². The minimum atomic E-state index is -0.141. The zero-order valence-electron chi connectivity index (χ0n) is 13.8. The van der Waals surface area contributed by atoms with Crippen molar-refractivity contribution in [2.75, 3.05) is 11.9 Å².